The molecule has 2 N–H and O–H groups in total. The summed E-state index contributed by atoms with van der Waals surface area (Å²) in [6.07, 6.45) is 1.47. The molecule has 3 rings (SSSR count). The Labute approximate surface area is 158 Å². The van der Waals surface area contributed by atoms with Gasteiger partial charge in [0.15, 0.2) is 19.4 Å². The van der Waals surface area contributed by atoms with Crippen LogP contribution in [0.3, 0.4) is 0 Å². The molecule has 0 aliphatic carbocycles. The monoisotopic (exact) mass is 414 g/mol. The largest absolute Gasteiger partial charge is 0.349 e. The molecule has 2 aromatic carbocycles. The minimum Gasteiger partial charge on any atom is -0.349 e. The normalized spacial score (nSPS) is 12.5. The van der Waals surface area contributed by atoms with Crippen LogP contribution in [0.5, 0.6) is 0 Å². The van der Waals surface area contributed by atoms with E-state index in [1.165, 1.54) is 16.4 Å². The second kappa shape index (κ2) is 7.96. The number of nitrogens with zero attached hydrogens (tertiary/aromatic N) is 2. The third-order valence-electron chi connectivity index (χ3n) is 3.37. The van der Waals surface area contributed by atoms with E-state index in [9.17, 15) is 14.0 Å². The third kappa shape index (κ3) is 4.47. The summed E-state index contributed by atoms with van der Waals surface area (Å²) in [7, 11) is -4.02. The van der Waals surface area contributed by atoms with Crippen molar-refractivity contribution in [1.82, 2.24) is 4.98 Å². The van der Waals surface area contributed by atoms with Gasteiger partial charge in [-0.25, -0.2) is 4.21 Å². The van der Waals surface area contributed by atoms with E-state index < -0.39 is 19.4 Å². The first-order valence-corrected chi connectivity index (χ1v) is 10.4. The van der Waals surface area contributed by atoms with E-state index in [2.05, 4.69) is 4.98 Å². The van der Waals surface area contributed by atoms with Crippen LogP contribution < -0.4 is 4.31 Å². The van der Waals surface area contributed by atoms with E-state index >= 15 is 0 Å². The molecule has 1 aromatic heterocycles. The van der Waals surface area contributed by atoms with E-state index in [1.54, 1.807) is 24.4 Å². The average molecular weight is 415 g/mol. The van der Waals surface area contributed by atoms with Crippen molar-refractivity contribution in [3.8, 4) is 0 Å². The second-order valence-corrected chi connectivity index (χ2v) is 8.44. The van der Waals surface area contributed by atoms with Gasteiger partial charge < -0.3 is 9.79 Å². The first kappa shape index (κ1) is 18.5. The number of aromatic nitrogens is 1. The standard InChI is InChI=1S/C16H13Cl2N2O3PS/c17-12-6-13(18)8-15(7-12)25(23)20(10-24(21)22)14-4-3-11-2-1-5-19-16(11)9-14/h1-9,21-22H,10H2. The molecule has 5 nitrogen and oxygen atoms in total. The highest BCUT2D eigenvalue weighted by Crippen LogP contribution is 2.33. The number of rotatable bonds is 5. The molecule has 130 valence electrons. The van der Waals surface area contributed by atoms with E-state index in [0.717, 1.165) is 5.39 Å². The summed E-state index contributed by atoms with van der Waals surface area (Å²) in [5, 5.41) is 1.63. The smallest absolute Gasteiger partial charge is 0.187 e. The molecule has 9 heteroatoms. The molecule has 0 aliphatic rings. The molecule has 25 heavy (non-hydrogen) atoms. The van der Waals surface area contributed by atoms with Crippen LogP contribution in [0.2, 0.25) is 10.0 Å². The van der Waals surface area contributed by atoms with Crippen molar-refractivity contribution in [3.63, 3.8) is 0 Å². The Morgan fingerprint density at radius 1 is 1.08 bits per heavy atom. The fourth-order valence-corrected chi connectivity index (χ4v) is 5.10. The summed E-state index contributed by atoms with van der Waals surface area (Å²) in [5.74, 6) is 0. The predicted molar refractivity (Wildman–Crippen MR) is 103 cm³/mol. The zero-order chi connectivity index (χ0) is 18.0. The fraction of sp³-hybridized carbons (Fsp3) is 0.0625. The first-order valence-electron chi connectivity index (χ1n) is 7.09. The van der Waals surface area contributed by atoms with Crippen molar-refractivity contribution < 1.29 is 14.0 Å². The molecule has 0 fully saturated rings. The van der Waals surface area contributed by atoms with Crippen LogP contribution in [0.1, 0.15) is 0 Å². The van der Waals surface area contributed by atoms with Gasteiger partial charge in [0, 0.05) is 21.6 Å². The summed E-state index contributed by atoms with van der Waals surface area (Å²) in [4.78, 5) is 23.6. The van der Waals surface area contributed by atoms with Gasteiger partial charge in [0.2, 0.25) is 0 Å². The Balaban J connectivity index is 2.04. The summed E-state index contributed by atoms with van der Waals surface area (Å²) in [5.41, 5.74) is 1.27. The second-order valence-electron chi connectivity index (χ2n) is 5.13. The van der Waals surface area contributed by atoms with E-state index in [-0.39, 0.29) is 6.29 Å². The maximum atomic E-state index is 13.0. The minimum atomic E-state index is -2.30. The number of fused-ring (bicyclic) bond motifs is 1. The summed E-state index contributed by atoms with van der Waals surface area (Å²) < 4.78 is 14.4. The van der Waals surface area contributed by atoms with E-state index in [1.807, 2.05) is 18.2 Å². The van der Waals surface area contributed by atoms with Crippen LogP contribution in [0.15, 0.2) is 59.6 Å². The highest BCUT2D eigenvalue weighted by Gasteiger charge is 2.20. The van der Waals surface area contributed by atoms with Gasteiger partial charge in [0.05, 0.1) is 16.1 Å². The molecule has 3 aromatic rings. The molecule has 0 saturated carbocycles. The Morgan fingerprint density at radius 3 is 2.48 bits per heavy atom. The lowest BCUT2D eigenvalue weighted by molar-refractivity contribution is 0.483. The zero-order valence-electron chi connectivity index (χ0n) is 12.7. The van der Waals surface area contributed by atoms with E-state index in [4.69, 9.17) is 23.2 Å². The highest BCUT2D eigenvalue weighted by atomic mass is 35.5. The zero-order valence-corrected chi connectivity index (χ0v) is 15.9. The number of benzene rings is 2. The predicted octanol–water partition coefficient (Wildman–Crippen LogP) is 4.32. The molecule has 0 saturated heterocycles. The quantitative estimate of drug-likeness (QED) is 0.609. The van der Waals surface area contributed by atoms with Gasteiger partial charge in [-0.2, -0.15) is 0 Å². The SMILES string of the molecule is O=S(c1cc(Cl)cc(Cl)c1)N(CP(O)O)c1ccc2cccnc2c1. The Hall–Kier alpha value is -1.27. The summed E-state index contributed by atoms with van der Waals surface area (Å²) in [6.45, 7) is 0. The number of hydrogen-bond donors (Lipinski definition) is 2. The van der Waals surface area contributed by atoms with Crippen LogP contribution in [-0.2, 0) is 11.0 Å². The summed E-state index contributed by atoms with van der Waals surface area (Å²) >= 11 is 12.0. The maximum Gasteiger partial charge on any atom is 0.187 e. The minimum absolute atomic E-state index is 0.190. The molecule has 0 bridgehead atoms. The topological polar surface area (TPSA) is 73.7 Å². The molecule has 0 spiro atoms. The maximum absolute atomic E-state index is 13.0. The lowest BCUT2D eigenvalue weighted by Gasteiger charge is -2.24. The lowest BCUT2D eigenvalue weighted by Crippen LogP contribution is -2.26. The molecule has 0 aliphatic heterocycles. The molecule has 0 radical (unpaired) electrons. The number of pyridine rings is 1. The van der Waals surface area contributed by atoms with Crippen molar-refractivity contribution in [2.75, 3.05) is 10.6 Å². The van der Waals surface area contributed by atoms with Gasteiger partial charge in [0.1, 0.15) is 6.29 Å². The van der Waals surface area contributed by atoms with Crippen molar-refractivity contribution in [2.24, 2.45) is 0 Å². The Bertz CT molecular complexity index is 922. The van der Waals surface area contributed by atoms with Crippen molar-refractivity contribution in [3.05, 3.63) is 64.8 Å². The van der Waals surface area contributed by atoms with Crippen molar-refractivity contribution in [2.45, 2.75) is 4.90 Å². The fourth-order valence-electron chi connectivity index (χ4n) is 2.31. The van der Waals surface area contributed by atoms with Gasteiger partial charge in [-0.1, -0.05) is 35.3 Å². The van der Waals surface area contributed by atoms with Gasteiger partial charge in [-0.3, -0.25) is 9.29 Å². The van der Waals surface area contributed by atoms with Crippen LogP contribution >= 0.6 is 31.6 Å². The average Bonchev–Trinajstić information content (AvgIpc) is 2.57. The Kier molecular flexibility index (Phi) is 5.89. The van der Waals surface area contributed by atoms with Crippen LogP contribution in [0, 0.1) is 0 Å². The van der Waals surface area contributed by atoms with Gasteiger partial charge in [0.25, 0.3) is 0 Å². The van der Waals surface area contributed by atoms with Gasteiger partial charge >= 0.3 is 0 Å². The van der Waals surface area contributed by atoms with Crippen LogP contribution in [0.4, 0.5) is 5.69 Å². The molecule has 0 amide bonds. The van der Waals surface area contributed by atoms with E-state index in [0.29, 0.717) is 26.1 Å². The van der Waals surface area contributed by atoms with Crippen LogP contribution in [0.25, 0.3) is 10.9 Å². The number of anilines is 1. The molecular weight excluding hydrogens is 402 g/mol. The molecular formula is C16H13Cl2N2O3PS. The molecule has 1 heterocycles. The number of halogens is 2. The molecule has 1 atom stereocenters. The highest BCUT2D eigenvalue weighted by molar-refractivity contribution is 7.86. The van der Waals surface area contributed by atoms with Crippen molar-refractivity contribution >= 4 is 59.2 Å². The van der Waals surface area contributed by atoms with Gasteiger partial charge in [-0.05, 0) is 36.4 Å². The van der Waals surface area contributed by atoms with Crippen molar-refractivity contribution in [1.29, 1.82) is 0 Å². The Morgan fingerprint density at radius 2 is 1.80 bits per heavy atom. The lowest BCUT2D eigenvalue weighted by atomic mass is 10.2. The first-order chi connectivity index (χ1) is 11.9. The van der Waals surface area contributed by atoms with Crippen LogP contribution in [-0.4, -0.2) is 25.3 Å². The summed E-state index contributed by atoms with van der Waals surface area (Å²) in [6, 6.07) is 13.7. The van der Waals surface area contributed by atoms with Gasteiger partial charge in [-0.15, -0.1) is 0 Å². The third-order valence-corrected chi connectivity index (χ3v) is 5.91. The number of hydrogen-bond acceptors (Lipinski definition) is 4. The molecule has 1 unspecified atom stereocenters.